The van der Waals surface area contributed by atoms with Crippen molar-refractivity contribution in [3.63, 3.8) is 0 Å². The first-order valence-electron chi connectivity index (χ1n) is 6.63. The predicted octanol–water partition coefficient (Wildman–Crippen LogP) is 0.597. The molecule has 5 N–H and O–H groups in total. The number of hydrazine groups is 1. The molecule has 2 rings (SSSR count). The largest absolute Gasteiger partial charge is 0.369 e. The van der Waals surface area contributed by atoms with Gasteiger partial charge in [0.15, 0.2) is 0 Å². The summed E-state index contributed by atoms with van der Waals surface area (Å²) in [5, 5.41) is 0. The molecule has 1 aliphatic carbocycles. The summed E-state index contributed by atoms with van der Waals surface area (Å²) in [6, 6.07) is 4.13. The van der Waals surface area contributed by atoms with Crippen LogP contribution in [-0.2, 0) is 11.3 Å². The van der Waals surface area contributed by atoms with Crippen LogP contribution in [0.1, 0.15) is 31.4 Å². The van der Waals surface area contributed by atoms with Gasteiger partial charge in [-0.3, -0.25) is 20.5 Å². The lowest BCUT2D eigenvalue weighted by Gasteiger charge is -2.27. The number of hydrogen-bond donors (Lipinski definition) is 3. The van der Waals surface area contributed by atoms with Gasteiger partial charge in [-0.05, 0) is 25.0 Å². The van der Waals surface area contributed by atoms with Crippen molar-refractivity contribution in [1.29, 1.82) is 0 Å². The maximum absolute atomic E-state index is 11.2. The monoisotopic (exact) mass is 263 g/mol. The number of anilines is 1. The lowest BCUT2D eigenvalue weighted by molar-refractivity contribution is -0.119. The van der Waals surface area contributed by atoms with E-state index in [0.29, 0.717) is 12.6 Å². The van der Waals surface area contributed by atoms with Gasteiger partial charge in [0.1, 0.15) is 0 Å². The van der Waals surface area contributed by atoms with Crippen molar-refractivity contribution in [2.45, 2.75) is 38.3 Å². The van der Waals surface area contributed by atoms with Crippen LogP contribution in [0.2, 0.25) is 0 Å². The molecular formula is C13H21N5O. The zero-order chi connectivity index (χ0) is 13.7. The Balaban J connectivity index is 2.07. The quantitative estimate of drug-likeness (QED) is 0.516. The van der Waals surface area contributed by atoms with Gasteiger partial charge >= 0.3 is 0 Å². The molecule has 1 aliphatic rings. The van der Waals surface area contributed by atoms with E-state index in [4.69, 9.17) is 11.6 Å². The van der Waals surface area contributed by atoms with E-state index in [0.717, 1.165) is 24.2 Å². The fourth-order valence-corrected chi connectivity index (χ4v) is 2.65. The van der Waals surface area contributed by atoms with Crippen molar-refractivity contribution in [3.8, 4) is 0 Å². The second-order valence-electron chi connectivity index (χ2n) is 4.99. The van der Waals surface area contributed by atoms with Gasteiger partial charge in [-0.15, -0.1) is 0 Å². The molecule has 1 saturated carbocycles. The number of nitrogens with two attached hydrogens (primary N) is 2. The SMILES string of the molecule is NNc1ccnc(CN(CC(N)=O)C2CCCC2)c1. The lowest BCUT2D eigenvalue weighted by Crippen LogP contribution is -2.39. The van der Waals surface area contributed by atoms with Gasteiger partial charge in [-0.25, -0.2) is 0 Å². The third-order valence-corrected chi connectivity index (χ3v) is 3.55. The standard InChI is InChI=1S/C13H21N5O/c14-13(19)9-18(12-3-1-2-4-12)8-11-7-10(17-15)5-6-16-11/h5-7,12H,1-4,8-9,15H2,(H2,14,19)(H,16,17). The first-order chi connectivity index (χ1) is 9.19. The van der Waals surface area contributed by atoms with Gasteiger partial charge < -0.3 is 11.2 Å². The molecule has 1 fully saturated rings. The molecule has 0 aromatic carbocycles. The molecule has 104 valence electrons. The number of nitrogens with zero attached hydrogens (tertiary/aromatic N) is 2. The number of hydrogen-bond acceptors (Lipinski definition) is 5. The van der Waals surface area contributed by atoms with Crippen LogP contribution in [0.4, 0.5) is 5.69 Å². The Bertz CT molecular complexity index is 431. The molecule has 0 radical (unpaired) electrons. The summed E-state index contributed by atoms with van der Waals surface area (Å²) >= 11 is 0. The number of amides is 1. The molecule has 0 bridgehead atoms. The van der Waals surface area contributed by atoms with Crippen LogP contribution < -0.4 is 17.0 Å². The van der Waals surface area contributed by atoms with E-state index in [1.54, 1.807) is 12.3 Å². The van der Waals surface area contributed by atoms with E-state index in [9.17, 15) is 4.79 Å². The molecule has 6 nitrogen and oxygen atoms in total. The fourth-order valence-electron chi connectivity index (χ4n) is 2.65. The van der Waals surface area contributed by atoms with Crippen molar-refractivity contribution < 1.29 is 4.79 Å². The highest BCUT2D eigenvalue weighted by Gasteiger charge is 2.24. The molecule has 1 aromatic heterocycles. The second-order valence-corrected chi connectivity index (χ2v) is 4.99. The van der Waals surface area contributed by atoms with E-state index in [2.05, 4.69) is 15.3 Å². The van der Waals surface area contributed by atoms with Crippen LogP contribution in [0.25, 0.3) is 0 Å². The first kappa shape index (κ1) is 13.8. The summed E-state index contributed by atoms with van der Waals surface area (Å²) in [5.74, 6) is 5.10. The highest BCUT2D eigenvalue weighted by atomic mass is 16.1. The molecule has 1 amide bonds. The van der Waals surface area contributed by atoms with Crippen LogP contribution in [0.15, 0.2) is 18.3 Å². The Hall–Kier alpha value is -1.66. The van der Waals surface area contributed by atoms with Crippen LogP contribution in [0.5, 0.6) is 0 Å². The van der Waals surface area contributed by atoms with Crippen molar-refractivity contribution >= 4 is 11.6 Å². The molecule has 0 unspecified atom stereocenters. The smallest absolute Gasteiger partial charge is 0.231 e. The number of aromatic nitrogens is 1. The summed E-state index contributed by atoms with van der Waals surface area (Å²) in [5.41, 5.74) is 9.65. The third-order valence-electron chi connectivity index (χ3n) is 3.55. The van der Waals surface area contributed by atoms with Gasteiger partial charge in [0, 0.05) is 18.8 Å². The summed E-state index contributed by atoms with van der Waals surface area (Å²) in [6.07, 6.45) is 6.40. The number of pyridine rings is 1. The number of carbonyl (C=O) groups is 1. The molecule has 6 heteroatoms. The molecule has 0 spiro atoms. The predicted molar refractivity (Wildman–Crippen MR) is 73.9 cm³/mol. The topological polar surface area (TPSA) is 97.3 Å². The van der Waals surface area contributed by atoms with Crippen molar-refractivity contribution in [3.05, 3.63) is 24.0 Å². The summed E-state index contributed by atoms with van der Waals surface area (Å²) in [4.78, 5) is 17.6. The van der Waals surface area contributed by atoms with Crippen LogP contribution >= 0.6 is 0 Å². The summed E-state index contributed by atoms with van der Waals surface area (Å²) in [7, 11) is 0. The van der Waals surface area contributed by atoms with Gasteiger partial charge in [0.25, 0.3) is 0 Å². The Morgan fingerprint density at radius 2 is 2.21 bits per heavy atom. The van der Waals surface area contributed by atoms with Crippen LogP contribution in [-0.4, -0.2) is 28.4 Å². The Labute approximate surface area is 113 Å². The van der Waals surface area contributed by atoms with Crippen molar-refractivity contribution in [2.24, 2.45) is 11.6 Å². The average Bonchev–Trinajstić information content (AvgIpc) is 2.91. The maximum atomic E-state index is 11.2. The summed E-state index contributed by atoms with van der Waals surface area (Å²) in [6.45, 7) is 0.912. The van der Waals surface area contributed by atoms with Crippen molar-refractivity contribution in [2.75, 3.05) is 12.0 Å². The van der Waals surface area contributed by atoms with E-state index in [1.807, 2.05) is 6.07 Å². The number of rotatable bonds is 6. The van der Waals surface area contributed by atoms with E-state index >= 15 is 0 Å². The minimum absolute atomic E-state index is 0.284. The minimum atomic E-state index is -0.292. The highest BCUT2D eigenvalue weighted by Crippen LogP contribution is 2.24. The van der Waals surface area contributed by atoms with E-state index in [-0.39, 0.29) is 12.5 Å². The molecule has 0 saturated heterocycles. The lowest BCUT2D eigenvalue weighted by atomic mass is 10.2. The molecular weight excluding hydrogens is 242 g/mol. The number of primary amides is 1. The Morgan fingerprint density at radius 3 is 2.84 bits per heavy atom. The second kappa shape index (κ2) is 6.49. The van der Waals surface area contributed by atoms with E-state index in [1.165, 1.54) is 12.8 Å². The van der Waals surface area contributed by atoms with Crippen molar-refractivity contribution in [1.82, 2.24) is 9.88 Å². The zero-order valence-corrected chi connectivity index (χ0v) is 11.0. The van der Waals surface area contributed by atoms with Gasteiger partial charge in [0.05, 0.1) is 17.9 Å². The number of nitrogens with one attached hydrogen (secondary N) is 1. The average molecular weight is 263 g/mol. The molecule has 0 atom stereocenters. The maximum Gasteiger partial charge on any atom is 0.231 e. The number of carbonyl (C=O) groups excluding carboxylic acids is 1. The van der Waals surface area contributed by atoms with Gasteiger partial charge in [-0.1, -0.05) is 12.8 Å². The number of nitrogen functional groups attached to an aromatic ring is 1. The van der Waals surface area contributed by atoms with Gasteiger partial charge in [-0.2, -0.15) is 0 Å². The first-order valence-corrected chi connectivity index (χ1v) is 6.63. The van der Waals surface area contributed by atoms with Crippen LogP contribution in [0.3, 0.4) is 0 Å². The minimum Gasteiger partial charge on any atom is -0.369 e. The highest BCUT2D eigenvalue weighted by molar-refractivity contribution is 5.76. The Morgan fingerprint density at radius 1 is 1.47 bits per heavy atom. The molecule has 1 heterocycles. The molecule has 19 heavy (non-hydrogen) atoms. The summed E-state index contributed by atoms with van der Waals surface area (Å²) < 4.78 is 0. The van der Waals surface area contributed by atoms with E-state index < -0.39 is 0 Å². The normalized spacial score (nSPS) is 15.9. The molecule has 0 aliphatic heterocycles. The third kappa shape index (κ3) is 3.90. The molecule has 1 aromatic rings. The zero-order valence-electron chi connectivity index (χ0n) is 11.0. The fraction of sp³-hybridized carbons (Fsp3) is 0.538. The van der Waals surface area contributed by atoms with Crippen LogP contribution in [0, 0.1) is 0 Å². The van der Waals surface area contributed by atoms with Gasteiger partial charge in [0.2, 0.25) is 5.91 Å². The Kier molecular flexibility index (Phi) is 4.70.